The summed E-state index contributed by atoms with van der Waals surface area (Å²) in [7, 11) is 0. The van der Waals surface area contributed by atoms with Crippen molar-refractivity contribution in [2.75, 3.05) is 13.1 Å². The number of hydrogen-bond donors (Lipinski definition) is 1. The number of aromatic nitrogens is 1. The number of benzene rings is 1. The molecule has 1 N–H and O–H groups in total. The predicted octanol–water partition coefficient (Wildman–Crippen LogP) is 2.47. The number of rotatable bonds is 4. The van der Waals surface area contributed by atoms with Crippen LogP contribution in [-0.4, -0.2) is 34.0 Å². The van der Waals surface area contributed by atoms with Gasteiger partial charge in [-0.15, -0.1) is 0 Å². The fourth-order valence-corrected chi connectivity index (χ4v) is 2.92. The zero-order chi connectivity index (χ0) is 15.5. The first-order chi connectivity index (χ1) is 10.6. The summed E-state index contributed by atoms with van der Waals surface area (Å²) in [5, 5.41) is 10.9. The number of carbonyl (C=O) groups is 1. The number of likely N-dealkylation sites (tertiary alicyclic amines) is 1. The molecule has 0 saturated carbocycles. The van der Waals surface area contributed by atoms with Crippen LogP contribution >= 0.6 is 11.6 Å². The van der Waals surface area contributed by atoms with Crippen molar-refractivity contribution in [1.29, 1.82) is 0 Å². The SMILES string of the molecule is O=C(C(O)c1cccnc1)N1CC(Cc2ccccc2Cl)C1. The quantitative estimate of drug-likeness (QED) is 0.942. The summed E-state index contributed by atoms with van der Waals surface area (Å²) < 4.78 is 0. The predicted molar refractivity (Wildman–Crippen MR) is 84.4 cm³/mol. The highest BCUT2D eigenvalue weighted by Crippen LogP contribution is 2.27. The van der Waals surface area contributed by atoms with E-state index in [0.717, 1.165) is 17.0 Å². The first kappa shape index (κ1) is 15.0. The van der Waals surface area contributed by atoms with Crippen molar-refractivity contribution in [2.24, 2.45) is 5.92 Å². The molecule has 0 bridgehead atoms. The van der Waals surface area contributed by atoms with Crippen molar-refractivity contribution in [3.8, 4) is 0 Å². The minimum absolute atomic E-state index is 0.261. The number of halogens is 1. The van der Waals surface area contributed by atoms with E-state index >= 15 is 0 Å². The van der Waals surface area contributed by atoms with Gasteiger partial charge in [-0.2, -0.15) is 0 Å². The van der Waals surface area contributed by atoms with E-state index in [1.54, 1.807) is 23.2 Å². The largest absolute Gasteiger partial charge is 0.378 e. The highest BCUT2D eigenvalue weighted by Gasteiger charge is 2.34. The van der Waals surface area contributed by atoms with E-state index in [-0.39, 0.29) is 5.91 Å². The molecule has 1 aromatic carbocycles. The van der Waals surface area contributed by atoms with Gasteiger partial charge in [0, 0.05) is 36.1 Å². The molecule has 0 radical (unpaired) electrons. The van der Waals surface area contributed by atoms with Crippen LogP contribution in [0.3, 0.4) is 0 Å². The van der Waals surface area contributed by atoms with Crippen molar-refractivity contribution in [3.63, 3.8) is 0 Å². The number of amides is 1. The van der Waals surface area contributed by atoms with E-state index in [1.165, 1.54) is 6.20 Å². The lowest BCUT2D eigenvalue weighted by Crippen LogP contribution is -2.52. The first-order valence-electron chi connectivity index (χ1n) is 7.25. The lowest BCUT2D eigenvalue weighted by molar-refractivity contribution is -0.147. The summed E-state index contributed by atoms with van der Waals surface area (Å²) in [5.41, 5.74) is 1.64. The van der Waals surface area contributed by atoms with Crippen molar-refractivity contribution >= 4 is 17.5 Å². The number of pyridine rings is 1. The Hall–Kier alpha value is -1.91. The van der Waals surface area contributed by atoms with Gasteiger partial charge >= 0.3 is 0 Å². The Morgan fingerprint density at radius 3 is 2.77 bits per heavy atom. The Kier molecular flexibility index (Phi) is 4.41. The first-order valence-corrected chi connectivity index (χ1v) is 7.63. The molecule has 1 saturated heterocycles. The monoisotopic (exact) mass is 316 g/mol. The van der Waals surface area contributed by atoms with E-state index in [2.05, 4.69) is 4.98 Å². The number of carbonyl (C=O) groups excluding carboxylic acids is 1. The fourth-order valence-electron chi connectivity index (χ4n) is 2.71. The molecule has 1 unspecified atom stereocenters. The topological polar surface area (TPSA) is 53.4 Å². The third kappa shape index (κ3) is 3.13. The Balaban J connectivity index is 1.55. The van der Waals surface area contributed by atoms with Crippen molar-refractivity contribution < 1.29 is 9.90 Å². The second-order valence-electron chi connectivity index (χ2n) is 5.59. The maximum Gasteiger partial charge on any atom is 0.256 e. The van der Waals surface area contributed by atoms with E-state index < -0.39 is 6.10 Å². The standard InChI is InChI=1S/C17H17ClN2O2/c18-15-6-2-1-4-13(15)8-12-10-20(11-12)17(22)16(21)14-5-3-7-19-9-14/h1-7,9,12,16,21H,8,10-11H2. The van der Waals surface area contributed by atoms with Gasteiger partial charge in [-0.05, 0) is 30.0 Å². The second-order valence-corrected chi connectivity index (χ2v) is 6.00. The van der Waals surface area contributed by atoms with Crippen LogP contribution in [0.15, 0.2) is 48.8 Å². The number of aliphatic hydroxyl groups excluding tert-OH is 1. The molecular formula is C17H17ClN2O2. The van der Waals surface area contributed by atoms with Crippen molar-refractivity contribution in [1.82, 2.24) is 9.88 Å². The van der Waals surface area contributed by atoms with Crippen LogP contribution in [0.4, 0.5) is 0 Å². The Bertz CT molecular complexity index is 657. The molecule has 1 amide bonds. The van der Waals surface area contributed by atoms with Crippen LogP contribution in [-0.2, 0) is 11.2 Å². The molecule has 1 aliphatic heterocycles. The van der Waals surface area contributed by atoms with Gasteiger partial charge in [-0.25, -0.2) is 0 Å². The summed E-state index contributed by atoms with van der Waals surface area (Å²) in [4.78, 5) is 17.8. The van der Waals surface area contributed by atoms with E-state index in [1.807, 2.05) is 24.3 Å². The van der Waals surface area contributed by atoms with Crippen LogP contribution in [0.2, 0.25) is 5.02 Å². The lowest BCUT2D eigenvalue weighted by Gasteiger charge is -2.40. The molecule has 114 valence electrons. The molecular weight excluding hydrogens is 300 g/mol. The van der Waals surface area contributed by atoms with Gasteiger partial charge in [0.15, 0.2) is 6.10 Å². The molecule has 1 aromatic heterocycles. The fraction of sp³-hybridized carbons (Fsp3) is 0.294. The Labute approximate surface area is 134 Å². The van der Waals surface area contributed by atoms with Crippen molar-refractivity contribution in [2.45, 2.75) is 12.5 Å². The average Bonchev–Trinajstić information content (AvgIpc) is 2.51. The zero-order valence-corrected chi connectivity index (χ0v) is 12.8. The lowest BCUT2D eigenvalue weighted by atomic mass is 9.91. The molecule has 2 aromatic rings. The molecule has 1 fully saturated rings. The second kappa shape index (κ2) is 6.46. The maximum absolute atomic E-state index is 12.2. The maximum atomic E-state index is 12.2. The van der Waals surface area contributed by atoms with Crippen LogP contribution in [0, 0.1) is 5.92 Å². The van der Waals surface area contributed by atoms with Gasteiger partial charge in [0.2, 0.25) is 0 Å². The van der Waals surface area contributed by atoms with Gasteiger partial charge in [-0.3, -0.25) is 9.78 Å². The molecule has 4 nitrogen and oxygen atoms in total. The van der Waals surface area contributed by atoms with Crippen LogP contribution in [0.5, 0.6) is 0 Å². The highest BCUT2D eigenvalue weighted by molar-refractivity contribution is 6.31. The molecule has 0 aliphatic carbocycles. The van der Waals surface area contributed by atoms with Gasteiger partial charge in [-0.1, -0.05) is 35.9 Å². The van der Waals surface area contributed by atoms with E-state index in [4.69, 9.17) is 11.6 Å². The minimum Gasteiger partial charge on any atom is -0.378 e. The number of aliphatic hydroxyl groups is 1. The minimum atomic E-state index is -1.13. The molecule has 3 rings (SSSR count). The van der Waals surface area contributed by atoms with E-state index in [9.17, 15) is 9.90 Å². The smallest absolute Gasteiger partial charge is 0.256 e. The molecule has 0 spiro atoms. The van der Waals surface area contributed by atoms with E-state index in [0.29, 0.717) is 24.6 Å². The van der Waals surface area contributed by atoms with Gasteiger partial charge < -0.3 is 10.0 Å². The normalized spacial score (nSPS) is 16.2. The third-order valence-electron chi connectivity index (χ3n) is 3.97. The summed E-state index contributed by atoms with van der Waals surface area (Å²) in [6.07, 6.45) is 2.86. The summed E-state index contributed by atoms with van der Waals surface area (Å²) >= 11 is 6.15. The summed E-state index contributed by atoms with van der Waals surface area (Å²) in [6.45, 7) is 1.31. The van der Waals surface area contributed by atoms with Gasteiger partial charge in [0.05, 0.1) is 0 Å². The summed E-state index contributed by atoms with van der Waals surface area (Å²) in [6, 6.07) is 11.2. The van der Waals surface area contributed by atoms with Crippen molar-refractivity contribution in [3.05, 3.63) is 64.9 Å². The average molecular weight is 317 g/mol. The highest BCUT2D eigenvalue weighted by atomic mass is 35.5. The molecule has 5 heteroatoms. The summed E-state index contributed by atoms with van der Waals surface area (Å²) in [5.74, 6) is 0.133. The van der Waals surface area contributed by atoms with Crippen LogP contribution in [0.1, 0.15) is 17.2 Å². The number of nitrogens with zero attached hydrogens (tertiary/aromatic N) is 2. The molecule has 22 heavy (non-hydrogen) atoms. The van der Waals surface area contributed by atoms with Crippen LogP contribution in [0.25, 0.3) is 0 Å². The Morgan fingerprint density at radius 1 is 1.32 bits per heavy atom. The molecule has 1 atom stereocenters. The number of hydrogen-bond acceptors (Lipinski definition) is 3. The van der Waals surface area contributed by atoms with Gasteiger partial charge in [0.1, 0.15) is 0 Å². The molecule has 1 aliphatic rings. The Morgan fingerprint density at radius 2 is 2.09 bits per heavy atom. The molecule has 2 heterocycles. The van der Waals surface area contributed by atoms with Crippen LogP contribution < -0.4 is 0 Å². The zero-order valence-electron chi connectivity index (χ0n) is 12.0. The third-order valence-corrected chi connectivity index (χ3v) is 4.34. The van der Waals surface area contributed by atoms with Gasteiger partial charge in [0.25, 0.3) is 5.91 Å².